The van der Waals surface area contributed by atoms with Crippen LogP contribution >= 0.6 is 0 Å². The lowest BCUT2D eigenvalue weighted by molar-refractivity contribution is 0.244. The number of nitrogens with zero attached hydrogens (tertiary/aromatic N) is 5. The number of aromatic nitrogens is 3. The lowest BCUT2D eigenvalue weighted by Crippen LogP contribution is -2.31. The van der Waals surface area contributed by atoms with Crippen LogP contribution in [0.3, 0.4) is 0 Å². The molecule has 1 atom stereocenters. The summed E-state index contributed by atoms with van der Waals surface area (Å²) in [5.74, 6) is 0.483. The molecule has 4 rings (SSSR count). The Hall–Kier alpha value is -3.32. The molecule has 1 aromatic carbocycles. The summed E-state index contributed by atoms with van der Waals surface area (Å²) in [4.78, 5) is 15.4. The van der Waals surface area contributed by atoms with Gasteiger partial charge in [-0.1, -0.05) is 24.3 Å². The molecular weight excluding hydrogens is 379 g/mol. The van der Waals surface area contributed by atoms with Crippen LogP contribution in [0.2, 0.25) is 0 Å². The van der Waals surface area contributed by atoms with Gasteiger partial charge in [0, 0.05) is 12.7 Å². The molecule has 0 radical (unpaired) electrons. The number of nitriles is 1. The van der Waals surface area contributed by atoms with Crippen molar-refractivity contribution in [1.82, 2.24) is 19.9 Å². The van der Waals surface area contributed by atoms with Crippen LogP contribution in [0, 0.1) is 11.3 Å². The lowest BCUT2D eigenvalue weighted by Gasteiger charge is -2.24. The predicted octanol–water partition coefficient (Wildman–Crippen LogP) is 1.50. The Morgan fingerprint density at radius 2 is 2.10 bits per heavy atom. The highest BCUT2D eigenvalue weighted by molar-refractivity contribution is 6.58. The molecule has 150 valence electrons. The van der Waals surface area contributed by atoms with Gasteiger partial charge in [-0.3, -0.25) is 4.90 Å². The normalized spacial score (nSPS) is 16.2. The molecule has 8 nitrogen and oxygen atoms in total. The molecule has 3 aromatic rings. The van der Waals surface area contributed by atoms with Crippen LogP contribution in [0.4, 0.5) is 11.6 Å². The molecule has 3 heterocycles. The van der Waals surface area contributed by atoms with Crippen LogP contribution in [0.5, 0.6) is 0 Å². The van der Waals surface area contributed by atoms with E-state index in [0.717, 1.165) is 30.6 Å². The van der Waals surface area contributed by atoms with E-state index >= 15 is 0 Å². The van der Waals surface area contributed by atoms with E-state index in [2.05, 4.69) is 20.2 Å². The van der Waals surface area contributed by atoms with Crippen molar-refractivity contribution in [1.29, 1.82) is 5.26 Å². The second-order valence-electron chi connectivity index (χ2n) is 7.22. The fourth-order valence-corrected chi connectivity index (χ4v) is 3.72. The van der Waals surface area contributed by atoms with Gasteiger partial charge in [-0.05, 0) is 48.6 Å². The van der Waals surface area contributed by atoms with Crippen LogP contribution < -0.4 is 10.8 Å². The zero-order valence-corrected chi connectivity index (χ0v) is 16.3. The quantitative estimate of drug-likeness (QED) is 0.533. The summed E-state index contributed by atoms with van der Waals surface area (Å²) in [6.07, 6.45) is 5.39. The van der Waals surface area contributed by atoms with Gasteiger partial charge < -0.3 is 15.4 Å². The van der Waals surface area contributed by atoms with E-state index in [1.807, 2.05) is 30.3 Å². The van der Waals surface area contributed by atoms with Crippen LogP contribution in [0.1, 0.15) is 35.8 Å². The van der Waals surface area contributed by atoms with Crippen LogP contribution in [-0.2, 0) is 6.54 Å². The number of nitrogens with one attached hydrogen (secondary N) is 1. The number of benzene rings is 1. The molecule has 0 saturated carbocycles. The summed E-state index contributed by atoms with van der Waals surface area (Å²) in [7, 11) is -1.47. The third-order valence-electron chi connectivity index (χ3n) is 5.15. The number of rotatable bonds is 6. The van der Waals surface area contributed by atoms with Crippen LogP contribution in [-0.4, -0.2) is 43.6 Å². The van der Waals surface area contributed by atoms with Crippen molar-refractivity contribution in [2.24, 2.45) is 0 Å². The van der Waals surface area contributed by atoms with Crippen molar-refractivity contribution in [3.05, 3.63) is 71.8 Å². The van der Waals surface area contributed by atoms with Gasteiger partial charge in [0.05, 0.1) is 23.6 Å². The van der Waals surface area contributed by atoms with Crippen molar-refractivity contribution in [3.63, 3.8) is 0 Å². The summed E-state index contributed by atoms with van der Waals surface area (Å²) < 4.78 is 0. The Morgan fingerprint density at radius 3 is 2.87 bits per heavy atom. The largest absolute Gasteiger partial charge is 0.488 e. The standard InChI is InChI=1S/C21H21BN6O2/c23-12-17-6-7-18(13-25-17)26-21-24-9-8-19(27-21)20-5-2-10-28(20)14-15-3-1-4-16(11-15)22(29)30/h1,3-4,6-9,11,13,20,29-30H,2,5,10,14H2,(H,24,26,27)/t20-/m1/s1. The molecule has 0 amide bonds. The summed E-state index contributed by atoms with van der Waals surface area (Å²) in [6, 6.07) is 14.9. The highest BCUT2D eigenvalue weighted by atomic mass is 16.4. The Bertz CT molecular complexity index is 1050. The number of likely N-dealkylation sites (tertiary alicyclic amines) is 1. The van der Waals surface area contributed by atoms with E-state index in [9.17, 15) is 10.0 Å². The highest BCUT2D eigenvalue weighted by Crippen LogP contribution is 2.32. The lowest BCUT2D eigenvalue weighted by atomic mass is 9.79. The molecule has 0 spiro atoms. The second-order valence-corrected chi connectivity index (χ2v) is 7.22. The van der Waals surface area contributed by atoms with E-state index in [4.69, 9.17) is 10.2 Å². The van der Waals surface area contributed by atoms with Crippen molar-refractivity contribution in [3.8, 4) is 6.07 Å². The minimum atomic E-state index is -1.47. The molecule has 0 bridgehead atoms. The van der Waals surface area contributed by atoms with Gasteiger partial charge in [0.25, 0.3) is 0 Å². The third-order valence-corrected chi connectivity index (χ3v) is 5.15. The molecule has 2 aromatic heterocycles. The SMILES string of the molecule is N#Cc1ccc(Nc2nccc([C@H]3CCCN3Cc3cccc(B(O)O)c3)n2)cn1. The van der Waals surface area contributed by atoms with Crippen LogP contribution in [0.25, 0.3) is 0 Å². The Balaban J connectivity index is 1.49. The topological polar surface area (TPSA) is 118 Å². The van der Waals surface area contributed by atoms with Crippen molar-refractivity contribution in [2.45, 2.75) is 25.4 Å². The van der Waals surface area contributed by atoms with Gasteiger partial charge in [-0.25, -0.2) is 15.0 Å². The van der Waals surface area contributed by atoms with Gasteiger partial charge in [-0.2, -0.15) is 5.26 Å². The Labute approximate surface area is 175 Å². The first-order valence-electron chi connectivity index (χ1n) is 9.77. The molecule has 1 saturated heterocycles. The minimum absolute atomic E-state index is 0.162. The third kappa shape index (κ3) is 4.63. The van der Waals surface area contributed by atoms with Crippen LogP contribution in [0.15, 0.2) is 54.9 Å². The zero-order chi connectivity index (χ0) is 20.9. The first-order valence-corrected chi connectivity index (χ1v) is 9.77. The fourth-order valence-electron chi connectivity index (χ4n) is 3.72. The van der Waals surface area contributed by atoms with Gasteiger partial charge >= 0.3 is 7.12 Å². The number of pyridine rings is 1. The van der Waals surface area contributed by atoms with E-state index in [-0.39, 0.29) is 6.04 Å². The van der Waals surface area contributed by atoms with Gasteiger partial charge in [0.1, 0.15) is 11.8 Å². The minimum Gasteiger partial charge on any atom is -0.423 e. The first-order chi connectivity index (χ1) is 14.6. The van der Waals surface area contributed by atoms with Crippen molar-refractivity contribution in [2.75, 3.05) is 11.9 Å². The predicted molar refractivity (Wildman–Crippen MR) is 113 cm³/mol. The number of hydrogen-bond donors (Lipinski definition) is 3. The van der Waals surface area contributed by atoms with Crippen molar-refractivity contribution >= 4 is 24.2 Å². The smallest absolute Gasteiger partial charge is 0.423 e. The maximum absolute atomic E-state index is 9.42. The summed E-state index contributed by atoms with van der Waals surface area (Å²) in [5.41, 5.74) is 3.53. The fraction of sp³-hybridized carbons (Fsp3) is 0.238. The summed E-state index contributed by atoms with van der Waals surface area (Å²) in [6.45, 7) is 1.65. The molecule has 3 N–H and O–H groups in total. The number of hydrogen-bond acceptors (Lipinski definition) is 8. The Morgan fingerprint density at radius 1 is 1.20 bits per heavy atom. The highest BCUT2D eigenvalue weighted by Gasteiger charge is 2.27. The average molecular weight is 400 g/mol. The maximum atomic E-state index is 9.42. The molecule has 1 aliphatic rings. The van der Waals surface area contributed by atoms with Gasteiger partial charge in [0.15, 0.2) is 0 Å². The van der Waals surface area contributed by atoms with Gasteiger partial charge in [-0.15, -0.1) is 0 Å². The average Bonchev–Trinajstić information content (AvgIpc) is 3.23. The zero-order valence-electron chi connectivity index (χ0n) is 16.3. The second kappa shape index (κ2) is 9.01. The van der Waals surface area contributed by atoms with E-state index in [1.54, 1.807) is 30.6 Å². The van der Waals surface area contributed by atoms with Crippen molar-refractivity contribution < 1.29 is 10.0 Å². The molecule has 1 aliphatic heterocycles. The van der Waals surface area contributed by atoms with Gasteiger partial charge in [0.2, 0.25) is 5.95 Å². The summed E-state index contributed by atoms with van der Waals surface area (Å²) >= 11 is 0. The molecule has 0 unspecified atom stereocenters. The molecule has 0 aliphatic carbocycles. The molecular formula is C21H21BN6O2. The first kappa shape index (κ1) is 20.0. The number of anilines is 2. The molecule has 1 fully saturated rings. The van der Waals surface area contributed by atoms with E-state index in [0.29, 0.717) is 29.3 Å². The molecule has 9 heteroatoms. The van der Waals surface area contributed by atoms with E-state index < -0.39 is 7.12 Å². The Kier molecular flexibility index (Phi) is 6.00. The maximum Gasteiger partial charge on any atom is 0.488 e. The monoisotopic (exact) mass is 400 g/mol. The van der Waals surface area contributed by atoms with E-state index in [1.165, 1.54) is 0 Å². The molecule has 30 heavy (non-hydrogen) atoms. The summed E-state index contributed by atoms with van der Waals surface area (Å²) in [5, 5.41) is 30.8.